The van der Waals surface area contributed by atoms with Crippen molar-refractivity contribution in [3.05, 3.63) is 17.8 Å². The predicted octanol–water partition coefficient (Wildman–Crippen LogP) is 2.30. The quantitative estimate of drug-likeness (QED) is 0.870. The van der Waals surface area contributed by atoms with Crippen LogP contribution >= 0.6 is 0 Å². The fourth-order valence-corrected chi connectivity index (χ4v) is 1.52. The Balaban J connectivity index is 1.84. The van der Waals surface area contributed by atoms with Crippen LogP contribution < -0.4 is 10.1 Å². The average Bonchev–Trinajstić information content (AvgIpc) is 2.21. The van der Waals surface area contributed by atoms with Gasteiger partial charge in [-0.2, -0.15) is 5.10 Å². The summed E-state index contributed by atoms with van der Waals surface area (Å²) in [6.45, 7) is 7.14. The Labute approximate surface area is 103 Å². The van der Waals surface area contributed by atoms with Crippen molar-refractivity contribution in [2.24, 2.45) is 0 Å². The van der Waals surface area contributed by atoms with E-state index in [0.29, 0.717) is 12.0 Å². The highest BCUT2D eigenvalue weighted by atomic mass is 16.5. The number of nitrogens with zero attached hydrogens (tertiary/aromatic N) is 2. The van der Waals surface area contributed by atoms with Crippen LogP contribution in [0.3, 0.4) is 0 Å². The molecule has 4 heteroatoms. The molecule has 2 rings (SSSR count). The lowest BCUT2D eigenvalue weighted by Crippen LogP contribution is -2.35. The fraction of sp³-hybridized carbons (Fsp3) is 0.692. The number of hydrogen-bond donors (Lipinski definition) is 1. The molecular formula is C13H21N3O. The van der Waals surface area contributed by atoms with E-state index in [2.05, 4.69) is 36.3 Å². The molecule has 0 unspecified atom stereocenters. The van der Waals surface area contributed by atoms with E-state index in [1.54, 1.807) is 0 Å². The van der Waals surface area contributed by atoms with Crippen molar-refractivity contribution in [2.45, 2.75) is 58.2 Å². The SMILES string of the molecule is CC(C)(C)NCc1ccc(OC2CCC2)nn1. The monoisotopic (exact) mass is 235 g/mol. The minimum atomic E-state index is 0.1000. The van der Waals surface area contributed by atoms with Crippen LogP contribution in [-0.4, -0.2) is 21.8 Å². The Morgan fingerprint density at radius 3 is 2.53 bits per heavy atom. The van der Waals surface area contributed by atoms with Gasteiger partial charge in [0.25, 0.3) is 0 Å². The van der Waals surface area contributed by atoms with E-state index < -0.39 is 0 Å². The Kier molecular flexibility index (Phi) is 3.62. The van der Waals surface area contributed by atoms with Crippen LogP contribution in [0, 0.1) is 0 Å². The summed E-state index contributed by atoms with van der Waals surface area (Å²) in [5.41, 5.74) is 1.05. The first-order chi connectivity index (χ1) is 8.03. The minimum absolute atomic E-state index is 0.1000. The number of aromatic nitrogens is 2. The second kappa shape index (κ2) is 5.00. The molecule has 94 valence electrons. The van der Waals surface area contributed by atoms with Gasteiger partial charge in [-0.15, -0.1) is 5.10 Å². The van der Waals surface area contributed by atoms with E-state index in [0.717, 1.165) is 25.1 Å². The van der Waals surface area contributed by atoms with Crippen LogP contribution in [0.25, 0.3) is 0 Å². The molecule has 1 N–H and O–H groups in total. The van der Waals surface area contributed by atoms with Crippen LogP contribution in [0.1, 0.15) is 45.7 Å². The first-order valence-corrected chi connectivity index (χ1v) is 6.27. The van der Waals surface area contributed by atoms with Gasteiger partial charge in [0.15, 0.2) is 0 Å². The summed E-state index contributed by atoms with van der Waals surface area (Å²) in [4.78, 5) is 0. The number of nitrogens with one attached hydrogen (secondary N) is 1. The van der Waals surface area contributed by atoms with Gasteiger partial charge in [0.1, 0.15) is 6.10 Å². The van der Waals surface area contributed by atoms with Crippen molar-refractivity contribution in [3.8, 4) is 5.88 Å². The van der Waals surface area contributed by atoms with Crippen LogP contribution in [-0.2, 0) is 6.54 Å². The molecule has 0 amide bonds. The molecule has 1 aliphatic carbocycles. The minimum Gasteiger partial charge on any atom is -0.473 e. The normalized spacial score (nSPS) is 16.6. The molecule has 1 aromatic rings. The summed E-state index contributed by atoms with van der Waals surface area (Å²) < 4.78 is 5.66. The van der Waals surface area contributed by atoms with Gasteiger partial charge in [0, 0.05) is 18.2 Å². The van der Waals surface area contributed by atoms with Gasteiger partial charge in [-0.25, -0.2) is 0 Å². The number of rotatable bonds is 4. The third kappa shape index (κ3) is 3.97. The molecular weight excluding hydrogens is 214 g/mol. The summed E-state index contributed by atoms with van der Waals surface area (Å²) >= 11 is 0. The van der Waals surface area contributed by atoms with Crippen molar-refractivity contribution in [1.82, 2.24) is 15.5 Å². The summed E-state index contributed by atoms with van der Waals surface area (Å²) in [5.74, 6) is 0.647. The number of hydrogen-bond acceptors (Lipinski definition) is 4. The van der Waals surface area contributed by atoms with Crippen molar-refractivity contribution >= 4 is 0 Å². The zero-order valence-electron chi connectivity index (χ0n) is 10.9. The van der Waals surface area contributed by atoms with E-state index in [1.807, 2.05) is 12.1 Å². The smallest absolute Gasteiger partial charge is 0.233 e. The highest BCUT2D eigenvalue weighted by Gasteiger charge is 2.19. The summed E-state index contributed by atoms with van der Waals surface area (Å²) in [7, 11) is 0. The van der Waals surface area contributed by atoms with Crippen LogP contribution in [0.4, 0.5) is 0 Å². The molecule has 0 saturated heterocycles. The van der Waals surface area contributed by atoms with Crippen LogP contribution in [0.15, 0.2) is 12.1 Å². The second-order valence-electron chi connectivity index (χ2n) is 5.64. The Morgan fingerprint density at radius 1 is 1.29 bits per heavy atom. The molecule has 1 heterocycles. The fourth-order valence-electron chi connectivity index (χ4n) is 1.52. The van der Waals surface area contributed by atoms with Gasteiger partial charge in [-0.3, -0.25) is 0 Å². The highest BCUT2D eigenvalue weighted by molar-refractivity contribution is 5.12. The van der Waals surface area contributed by atoms with E-state index in [4.69, 9.17) is 4.74 Å². The van der Waals surface area contributed by atoms with Gasteiger partial charge >= 0.3 is 0 Å². The summed E-state index contributed by atoms with van der Waals surface area (Å²) in [5, 5.41) is 11.6. The van der Waals surface area contributed by atoms with Gasteiger partial charge < -0.3 is 10.1 Å². The largest absolute Gasteiger partial charge is 0.473 e. The molecule has 17 heavy (non-hydrogen) atoms. The average molecular weight is 235 g/mol. The molecule has 0 radical (unpaired) electrons. The first kappa shape index (κ1) is 12.3. The lowest BCUT2D eigenvalue weighted by Gasteiger charge is -2.25. The molecule has 0 aliphatic heterocycles. The zero-order valence-corrected chi connectivity index (χ0v) is 10.9. The van der Waals surface area contributed by atoms with E-state index >= 15 is 0 Å². The lowest BCUT2D eigenvalue weighted by atomic mass is 9.96. The summed E-state index contributed by atoms with van der Waals surface area (Å²) in [6, 6.07) is 3.88. The predicted molar refractivity (Wildman–Crippen MR) is 66.9 cm³/mol. The van der Waals surface area contributed by atoms with Gasteiger partial charge in [0.05, 0.1) is 5.69 Å². The standard InChI is InChI=1S/C13H21N3O/c1-13(2,3)14-9-10-7-8-12(16-15-10)17-11-5-4-6-11/h7-8,11,14H,4-6,9H2,1-3H3. The Bertz CT molecular complexity index is 352. The van der Waals surface area contributed by atoms with Crippen molar-refractivity contribution in [1.29, 1.82) is 0 Å². The maximum atomic E-state index is 5.66. The molecule has 1 saturated carbocycles. The molecule has 1 aliphatic rings. The van der Waals surface area contributed by atoms with E-state index in [9.17, 15) is 0 Å². The first-order valence-electron chi connectivity index (χ1n) is 6.27. The molecule has 0 atom stereocenters. The Hall–Kier alpha value is -1.16. The van der Waals surface area contributed by atoms with Gasteiger partial charge in [-0.1, -0.05) is 0 Å². The maximum absolute atomic E-state index is 5.66. The third-order valence-electron chi connectivity index (χ3n) is 2.83. The molecule has 0 bridgehead atoms. The van der Waals surface area contributed by atoms with Crippen molar-refractivity contribution in [3.63, 3.8) is 0 Å². The number of ether oxygens (including phenoxy) is 1. The summed E-state index contributed by atoms with van der Waals surface area (Å²) in [6.07, 6.45) is 3.93. The maximum Gasteiger partial charge on any atom is 0.233 e. The van der Waals surface area contributed by atoms with Gasteiger partial charge in [0.2, 0.25) is 5.88 Å². The van der Waals surface area contributed by atoms with E-state index in [1.165, 1.54) is 6.42 Å². The van der Waals surface area contributed by atoms with Gasteiger partial charge in [-0.05, 0) is 46.1 Å². The van der Waals surface area contributed by atoms with Crippen LogP contribution in [0.2, 0.25) is 0 Å². The zero-order chi connectivity index (χ0) is 12.3. The topological polar surface area (TPSA) is 47.0 Å². The highest BCUT2D eigenvalue weighted by Crippen LogP contribution is 2.23. The Morgan fingerprint density at radius 2 is 2.06 bits per heavy atom. The molecule has 1 fully saturated rings. The molecule has 4 nitrogen and oxygen atoms in total. The second-order valence-corrected chi connectivity index (χ2v) is 5.64. The van der Waals surface area contributed by atoms with Crippen LogP contribution in [0.5, 0.6) is 5.88 Å². The van der Waals surface area contributed by atoms with Crippen molar-refractivity contribution in [2.75, 3.05) is 0 Å². The third-order valence-corrected chi connectivity index (χ3v) is 2.83. The van der Waals surface area contributed by atoms with E-state index in [-0.39, 0.29) is 5.54 Å². The molecule has 0 spiro atoms. The molecule has 0 aromatic carbocycles. The lowest BCUT2D eigenvalue weighted by molar-refractivity contribution is 0.113. The van der Waals surface area contributed by atoms with Crippen molar-refractivity contribution < 1.29 is 4.74 Å². The molecule has 1 aromatic heterocycles.